The first-order valence-electron chi connectivity index (χ1n) is 6.91. The molecule has 1 heterocycles. The predicted octanol–water partition coefficient (Wildman–Crippen LogP) is 3.84. The van der Waals surface area contributed by atoms with Gasteiger partial charge in [-0.05, 0) is 19.9 Å². The molecule has 3 nitrogen and oxygen atoms in total. The van der Waals surface area contributed by atoms with Gasteiger partial charge in [-0.25, -0.2) is 4.98 Å². The average Bonchev–Trinajstić information content (AvgIpc) is 2.81. The van der Waals surface area contributed by atoms with Crippen LogP contribution in [-0.2, 0) is 13.2 Å². The lowest BCUT2D eigenvalue weighted by atomic mass is 10.1. The Labute approximate surface area is 125 Å². The molecule has 0 aliphatic heterocycles. The summed E-state index contributed by atoms with van der Waals surface area (Å²) in [6.45, 7) is 9.83. The second-order valence-corrected chi connectivity index (χ2v) is 6.60. The number of hydrogen-bond donors (Lipinski definition) is 1. The van der Waals surface area contributed by atoms with Crippen LogP contribution in [0.15, 0.2) is 24.4 Å². The molecular weight excluding hydrogens is 268 g/mol. The van der Waals surface area contributed by atoms with Crippen LogP contribution in [-0.4, -0.2) is 11.0 Å². The average molecular weight is 290 g/mol. The molecule has 0 amide bonds. The number of aromatic nitrogens is 1. The fourth-order valence-corrected chi connectivity index (χ4v) is 2.63. The Balaban J connectivity index is 2.05. The zero-order chi connectivity index (χ0) is 14.5. The van der Waals surface area contributed by atoms with Gasteiger partial charge in [-0.1, -0.05) is 31.5 Å². The van der Waals surface area contributed by atoms with E-state index in [9.17, 15) is 0 Å². The highest BCUT2D eigenvalue weighted by atomic mass is 32.1. The van der Waals surface area contributed by atoms with Crippen molar-refractivity contribution in [3.63, 3.8) is 0 Å². The zero-order valence-electron chi connectivity index (χ0n) is 12.6. The van der Waals surface area contributed by atoms with Crippen molar-refractivity contribution in [3.05, 3.63) is 45.4 Å². The Kier molecular flexibility index (Phi) is 5.15. The molecule has 2 aromatic rings. The molecule has 108 valence electrons. The van der Waals surface area contributed by atoms with Gasteiger partial charge in [-0.3, -0.25) is 0 Å². The lowest BCUT2D eigenvalue weighted by Crippen LogP contribution is -2.22. The molecule has 0 radical (unpaired) electrons. The van der Waals surface area contributed by atoms with Crippen LogP contribution < -0.4 is 10.1 Å². The molecule has 0 aliphatic carbocycles. The normalized spacial score (nSPS) is 11.1. The van der Waals surface area contributed by atoms with Gasteiger partial charge in [0.2, 0.25) is 0 Å². The minimum atomic E-state index is 0.465. The summed E-state index contributed by atoms with van der Waals surface area (Å²) in [5.74, 6) is 0.954. The molecule has 0 fully saturated rings. The van der Waals surface area contributed by atoms with Crippen molar-refractivity contribution in [2.24, 2.45) is 0 Å². The first kappa shape index (κ1) is 15.0. The van der Waals surface area contributed by atoms with Gasteiger partial charge >= 0.3 is 0 Å². The summed E-state index contributed by atoms with van der Waals surface area (Å²) in [7, 11) is 0. The van der Waals surface area contributed by atoms with Crippen LogP contribution in [0.4, 0.5) is 0 Å². The summed E-state index contributed by atoms with van der Waals surface area (Å²) in [6.07, 6.45) is 1.89. The molecule has 0 aliphatic rings. The zero-order valence-corrected chi connectivity index (χ0v) is 13.4. The molecule has 0 unspecified atom stereocenters. The summed E-state index contributed by atoms with van der Waals surface area (Å²) in [4.78, 5) is 5.41. The topological polar surface area (TPSA) is 34.1 Å². The molecule has 1 aromatic heterocycles. The lowest BCUT2D eigenvalue weighted by molar-refractivity contribution is 0.305. The lowest BCUT2D eigenvalue weighted by Gasteiger charge is -2.14. The standard InChI is InChI=1S/C16H22N2OS/c1-11(2)17-8-14-7-12(3)5-6-16(14)19-10-15-9-18-13(4)20-15/h5-7,9,11,17H,8,10H2,1-4H3. The number of rotatable bonds is 6. The number of nitrogens with one attached hydrogen (secondary N) is 1. The third kappa shape index (κ3) is 4.32. The van der Waals surface area contributed by atoms with E-state index in [1.165, 1.54) is 11.1 Å². The summed E-state index contributed by atoms with van der Waals surface area (Å²) in [5.41, 5.74) is 2.46. The number of nitrogens with zero attached hydrogens (tertiary/aromatic N) is 1. The van der Waals surface area contributed by atoms with Gasteiger partial charge in [0, 0.05) is 24.3 Å². The molecular formula is C16H22N2OS. The minimum Gasteiger partial charge on any atom is -0.488 e. The number of benzene rings is 1. The van der Waals surface area contributed by atoms with Crippen LogP contribution in [0.3, 0.4) is 0 Å². The van der Waals surface area contributed by atoms with Gasteiger partial charge in [0.25, 0.3) is 0 Å². The van der Waals surface area contributed by atoms with Crippen molar-refractivity contribution >= 4 is 11.3 Å². The highest BCUT2D eigenvalue weighted by Gasteiger charge is 2.06. The maximum atomic E-state index is 5.95. The third-order valence-corrected chi connectivity index (χ3v) is 3.84. The van der Waals surface area contributed by atoms with Crippen LogP contribution >= 0.6 is 11.3 Å². The summed E-state index contributed by atoms with van der Waals surface area (Å²) < 4.78 is 5.95. The van der Waals surface area contributed by atoms with Crippen LogP contribution in [0.5, 0.6) is 5.75 Å². The summed E-state index contributed by atoms with van der Waals surface area (Å²) in [5, 5.41) is 4.52. The Morgan fingerprint density at radius 2 is 2.10 bits per heavy atom. The monoisotopic (exact) mass is 290 g/mol. The molecule has 0 spiro atoms. The first-order chi connectivity index (χ1) is 9.54. The Morgan fingerprint density at radius 1 is 1.30 bits per heavy atom. The summed E-state index contributed by atoms with van der Waals surface area (Å²) in [6, 6.07) is 6.79. The van der Waals surface area contributed by atoms with Crippen molar-refractivity contribution < 1.29 is 4.74 Å². The van der Waals surface area contributed by atoms with E-state index in [1.54, 1.807) is 11.3 Å². The van der Waals surface area contributed by atoms with E-state index in [-0.39, 0.29) is 0 Å². The molecule has 0 bridgehead atoms. The Hall–Kier alpha value is -1.39. The molecule has 0 atom stereocenters. The van der Waals surface area contributed by atoms with E-state index in [0.29, 0.717) is 12.6 Å². The van der Waals surface area contributed by atoms with Gasteiger partial charge < -0.3 is 10.1 Å². The second-order valence-electron chi connectivity index (χ2n) is 5.28. The molecule has 1 N–H and O–H groups in total. The number of hydrogen-bond acceptors (Lipinski definition) is 4. The molecule has 1 aromatic carbocycles. The van der Waals surface area contributed by atoms with Crippen molar-refractivity contribution in [1.82, 2.24) is 10.3 Å². The Bertz CT molecular complexity index is 563. The molecule has 0 saturated carbocycles. The van der Waals surface area contributed by atoms with E-state index >= 15 is 0 Å². The maximum Gasteiger partial charge on any atom is 0.124 e. The smallest absolute Gasteiger partial charge is 0.124 e. The van der Waals surface area contributed by atoms with Crippen molar-refractivity contribution in [2.45, 2.75) is 46.9 Å². The van der Waals surface area contributed by atoms with E-state index in [2.05, 4.69) is 49.3 Å². The van der Waals surface area contributed by atoms with Crippen molar-refractivity contribution in [2.75, 3.05) is 0 Å². The Morgan fingerprint density at radius 3 is 2.75 bits per heavy atom. The number of aryl methyl sites for hydroxylation is 2. The quantitative estimate of drug-likeness (QED) is 0.877. The van der Waals surface area contributed by atoms with E-state index in [0.717, 1.165) is 22.2 Å². The van der Waals surface area contributed by atoms with Crippen LogP contribution in [0, 0.1) is 13.8 Å². The van der Waals surface area contributed by atoms with Gasteiger partial charge in [0.05, 0.1) is 9.88 Å². The largest absolute Gasteiger partial charge is 0.488 e. The fourth-order valence-electron chi connectivity index (χ4n) is 1.92. The van der Waals surface area contributed by atoms with Crippen LogP contribution in [0.2, 0.25) is 0 Å². The van der Waals surface area contributed by atoms with Gasteiger partial charge in [-0.2, -0.15) is 0 Å². The van der Waals surface area contributed by atoms with Gasteiger partial charge in [0.1, 0.15) is 12.4 Å². The SMILES string of the molecule is Cc1ccc(OCc2cnc(C)s2)c(CNC(C)C)c1. The van der Waals surface area contributed by atoms with Gasteiger partial charge in [-0.15, -0.1) is 11.3 Å². The minimum absolute atomic E-state index is 0.465. The first-order valence-corrected chi connectivity index (χ1v) is 7.73. The molecule has 4 heteroatoms. The molecule has 0 saturated heterocycles. The van der Waals surface area contributed by atoms with Crippen LogP contribution in [0.1, 0.15) is 34.9 Å². The number of thiazole rings is 1. The molecule has 20 heavy (non-hydrogen) atoms. The van der Waals surface area contributed by atoms with E-state index in [4.69, 9.17) is 4.74 Å². The number of ether oxygens (including phenoxy) is 1. The van der Waals surface area contributed by atoms with E-state index < -0.39 is 0 Å². The van der Waals surface area contributed by atoms with Crippen LogP contribution in [0.25, 0.3) is 0 Å². The predicted molar refractivity (Wildman–Crippen MR) is 84.3 cm³/mol. The van der Waals surface area contributed by atoms with E-state index in [1.807, 2.05) is 13.1 Å². The second kappa shape index (κ2) is 6.86. The highest BCUT2D eigenvalue weighted by molar-refractivity contribution is 7.11. The fraction of sp³-hybridized carbons (Fsp3) is 0.438. The third-order valence-electron chi connectivity index (χ3n) is 2.96. The maximum absolute atomic E-state index is 5.95. The molecule has 2 rings (SSSR count). The van der Waals surface area contributed by atoms with Crippen molar-refractivity contribution in [3.8, 4) is 5.75 Å². The highest BCUT2D eigenvalue weighted by Crippen LogP contribution is 2.22. The summed E-state index contributed by atoms with van der Waals surface area (Å²) >= 11 is 1.68. The van der Waals surface area contributed by atoms with Crippen molar-refractivity contribution in [1.29, 1.82) is 0 Å². The van der Waals surface area contributed by atoms with Gasteiger partial charge in [0.15, 0.2) is 0 Å².